The minimum Gasteiger partial charge on any atom is -0.494 e. The Labute approximate surface area is 122 Å². The molecule has 6 nitrogen and oxygen atoms in total. The zero-order valence-electron chi connectivity index (χ0n) is 11.8. The Morgan fingerprint density at radius 1 is 1.05 bits per heavy atom. The Hall–Kier alpha value is -2.89. The summed E-state index contributed by atoms with van der Waals surface area (Å²) < 4.78 is 10.7. The number of carbonyl (C=O) groups is 1. The van der Waals surface area contributed by atoms with E-state index in [9.17, 15) is 4.79 Å². The molecule has 2 rings (SSSR count). The number of nitrogens with one attached hydrogen (secondary N) is 1. The van der Waals surface area contributed by atoms with Crippen molar-refractivity contribution in [2.45, 2.75) is 0 Å². The molecule has 0 atom stereocenters. The first-order valence-electron chi connectivity index (χ1n) is 6.23. The maximum absolute atomic E-state index is 10.8. The van der Waals surface area contributed by atoms with Gasteiger partial charge in [0.05, 0.1) is 14.2 Å². The molecule has 0 aliphatic carbocycles. The van der Waals surface area contributed by atoms with Crippen LogP contribution in [-0.4, -0.2) is 20.6 Å². The smallest absolute Gasteiger partial charge is 0.211 e. The molecule has 6 heteroatoms. The van der Waals surface area contributed by atoms with Crippen LogP contribution in [0.5, 0.6) is 11.5 Å². The van der Waals surface area contributed by atoms with Gasteiger partial charge >= 0.3 is 0 Å². The number of methoxy groups -OCH3 is 2. The number of benzene rings is 2. The molecule has 0 radical (unpaired) electrons. The molecule has 2 aromatic carbocycles. The van der Waals surface area contributed by atoms with Gasteiger partial charge < -0.3 is 26.3 Å². The molecule has 0 spiro atoms. The lowest BCUT2D eigenvalue weighted by Crippen LogP contribution is -2.03. The number of nitrogen functional groups attached to an aromatic ring is 2. The molecule has 0 aliphatic rings. The Bertz CT molecular complexity index is 671. The Morgan fingerprint density at radius 2 is 1.81 bits per heavy atom. The van der Waals surface area contributed by atoms with Gasteiger partial charge in [0.15, 0.2) is 5.75 Å². The largest absolute Gasteiger partial charge is 0.494 e. The van der Waals surface area contributed by atoms with Crippen molar-refractivity contribution < 1.29 is 14.3 Å². The number of nitrogens with two attached hydrogens (primary N) is 2. The third kappa shape index (κ3) is 2.69. The summed E-state index contributed by atoms with van der Waals surface area (Å²) in [6.07, 6.45) is 0.562. The van der Waals surface area contributed by atoms with Crippen LogP contribution in [0.2, 0.25) is 0 Å². The van der Waals surface area contributed by atoms with Crippen molar-refractivity contribution in [2.24, 2.45) is 0 Å². The van der Waals surface area contributed by atoms with Crippen LogP contribution in [0.15, 0.2) is 30.3 Å². The fourth-order valence-corrected chi connectivity index (χ4v) is 2.16. The van der Waals surface area contributed by atoms with E-state index in [4.69, 9.17) is 20.9 Å². The molecule has 0 heterocycles. The van der Waals surface area contributed by atoms with Crippen LogP contribution < -0.4 is 26.3 Å². The molecule has 21 heavy (non-hydrogen) atoms. The molecule has 2 aromatic rings. The molecule has 0 fully saturated rings. The van der Waals surface area contributed by atoms with Crippen molar-refractivity contribution in [1.82, 2.24) is 0 Å². The summed E-state index contributed by atoms with van der Waals surface area (Å²) in [5.74, 6) is 0.948. The number of anilines is 3. The van der Waals surface area contributed by atoms with Crippen LogP contribution in [0, 0.1) is 0 Å². The van der Waals surface area contributed by atoms with Crippen LogP contribution in [0.3, 0.4) is 0 Å². The lowest BCUT2D eigenvalue weighted by molar-refractivity contribution is -0.105. The molecule has 0 aromatic heterocycles. The van der Waals surface area contributed by atoms with E-state index in [-0.39, 0.29) is 0 Å². The van der Waals surface area contributed by atoms with Gasteiger partial charge in [0, 0.05) is 22.5 Å². The van der Waals surface area contributed by atoms with Gasteiger partial charge in [0.1, 0.15) is 11.4 Å². The zero-order chi connectivity index (χ0) is 15.4. The second kappa shape index (κ2) is 6.04. The fourth-order valence-electron chi connectivity index (χ4n) is 2.16. The third-order valence-corrected chi connectivity index (χ3v) is 3.11. The first-order chi connectivity index (χ1) is 10.1. The average Bonchev–Trinajstić information content (AvgIpc) is 2.49. The maximum atomic E-state index is 10.8. The van der Waals surface area contributed by atoms with E-state index in [1.807, 2.05) is 0 Å². The highest BCUT2D eigenvalue weighted by Crippen LogP contribution is 2.44. The summed E-state index contributed by atoms with van der Waals surface area (Å²) in [7, 11) is 3.02. The molecule has 0 saturated carbocycles. The lowest BCUT2D eigenvalue weighted by Gasteiger charge is -2.17. The van der Waals surface area contributed by atoms with Gasteiger partial charge in [0.25, 0.3) is 0 Å². The van der Waals surface area contributed by atoms with Gasteiger partial charge in [-0.05, 0) is 30.3 Å². The van der Waals surface area contributed by atoms with Crippen molar-refractivity contribution in [2.75, 3.05) is 31.0 Å². The summed E-state index contributed by atoms with van der Waals surface area (Å²) >= 11 is 0. The van der Waals surface area contributed by atoms with E-state index < -0.39 is 0 Å². The predicted molar refractivity (Wildman–Crippen MR) is 83.5 cm³/mol. The summed E-state index contributed by atoms with van der Waals surface area (Å²) in [6.45, 7) is 0. The van der Waals surface area contributed by atoms with E-state index >= 15 is 0 Å². The third-order valence-electron chi connectivity index (χ3n) is 3.11. The quantitative estimate of drug-likeness (QED) is 0.577. The van der Waals surface area contributed by atoms with E-state index in [0.717, 1.165) is 5.56 Å². The van der Waals surface area contributed by atoms with Crippen molar-refractivity contribution >= 4 is 23.5 Å². The highest BCUT2D eigenvalue weighted by Gasteiger charge is 2.17. The number of carbonyl (C=O) groups excluding carboxylic acids is 1. The van der Waals surface area contributed by atoms with E-state index in [2.05, 4.69) is 5.32 Å². The fraction of sp³-hybridized carbons (Fsp3) is 0.133. The lowest BCUT2D eigenvalue weighted by atomic mass is 10.0. The summed E-state index contributed by atoms with van der Waals surface area (Å²) in [5.41, 5.74) is 14.8. The first kappa shape index (κ1) is 14.5. The van der Waals surface area contributed by atoms with E-state index in [1.165, 1.54) is 14.2 Å². The highest BCUT2D eigenvalue weighted by atomic mass is 16.5. The van der Waals surface area contributed by atoms with Crippen molar-refractivity contribution in [1.29, 1.82) is 0 Å². The minimum atomic E-state index is 0.439. The van der Waals surface area contributed by atoms with Gasteiger partial charge in [-0.15, -0.1) is 0 Å². The molecule has 0 aliphatic heterocycles. The van der Waals surface area contributed by atoms with Crippen LogP contribution in [0.25, 0.3) is 11.1 Å². The van der Waals surface area contributed by atoms with Crippen LogP contribution in [-0.2, 0) is 4.79 Å². The Balaban J connectivity index is 2.71. The number of rotatable bonds is 5. The number of hydrogen-bond acceptors (Lipinski definition) is 5. The first-order valence-corrected chi connectivity index (χ1v) is 6.23. The molecular weight excluding hydrogens is 270 g/mol. The van der Waals surface area contributed by atoms with Gasteiger partial charge in [-0.3, -0.25) is 4.79 Å². The SMILES string of the molecule is COc1ccc(-c2cc(N)ccc2N)c(OC)c1NC=O. The van der Waals surface area contributed by atoms with Gasteiger partial charge in [-0.2, -0.15) is 0 Å². The minimum absolute atomic E-state index is 0.439. The second-order valence-corrected chi connectivity index (χ2v) is 4.33. The van der Waals surface area contributed by atoms with E-state index in [1.54, 1.807) is 30.3 Å². The molecule has 0 bridgehead atoms. The molecule has 110 valence electrons. The number of hydrogen-bond donors (Lipinski definition) is 3. The summed E-state index contributed by atoms with van der Waals surface area (Å²) in [5, 5.41) is 2.59. The molecule has 5 N–H and O–H groups in total. The standard InChI is InChI=1S/C15H17N3O3/c1-20-13-6-4-10(15(21-2)14(13)18-8-19)11-7-9(16)3-5-12(11)17/h3-8H,16-17H2,1-2H3,(H,18,19). The topological polar surface area (TPSA) is 99.6 Å². The highest BCUT2D eigenvalue weighted by molar-refractivity contribution is 5.91. The van der Waals surface area contributed by atoms with Crippen molar-refractivity contribution in [3.63, 3.8) is 0 Å². The van der Waals surface area contributed by atoms with E-state index in [0.29, 0.717) is 40.5 Å². The number of ether oxygens (including phenoxy) is 2. The monoisotopic (exact) mass is 287 g/mol. The molecular formula is C15H17N3O3. The average molecular weight is 287 g/mol. The normalized spacial score (nSPS) is 10.0. The van der Waals surface area contributed by atoms with Crippen molar-refractivity contribution in [3.8, 4) is 22.6 Å². The van der Waals surface area contributed by atoms with Gasteiger partial charge in [-0.1, -0.05) is 0 Å². The number of amides is 1. The molecule has 1 amide bonds. The van der Waals surface area contributed by atoms with Gasteiger partial charge in [-0.25, -0.2) is 0 Å². The predicted octanol–water partition coefficient (Wildman–Crippen LogP) is 2.10. The van der Waals surface area contributed by atoms with Gasteiger partial charge in [0.2, 0.25) is 6.41 Å². The molecule has 0 unspecified atom stereocenters. The second-order valence-electron chi connectivity index (χ2n) is 4.33. The van der Waals surface area contributed by atoms with Crippen LogP contribution in [0.1, 0.15) is 0 Å². The summed E-state index contributed by atoms with van der Waals surface area (Å²) in [4.78, 5) is 10.8. The zero-order valence-corrected chi connectivity index (χ0v) is 11.8. The Morgan fingerprint density at radius 3 is 2.43 bits per heavy atom. The van der Waals surface area contributed by atoms with Crippen LogP contribution in [0.4, 0.5) is 17.1 Å². The molecule has 0 saturated heterocycles. The van der Waals surface area contributed by atoms with Crippen LogP contribution >= 0.6 is 0 Å². The summed E-state index contributed by atoms with van der Waals surface area (Å²) in [6, 6.07) is 8.73. The van der Waals surface area contributed by atoms with Crippen molar-refractivity contribution in [3.05, 3.63) is 30.3 Å². The Kier molecular flexibility index (Phi) is 4.18. The maximum Gasteiger partial charge on any atom is 0.211 e.